The lowest BCUT2D eigenvalue weighted by Crippen LogP contribution is -2.52. The molecule has 1 aliphatic rings. The number of amides is 2. The maximum Gasteiger partial charge on any atom is 0.244 e. The topological polar surface area (TPSA) is 86.8 Å². The van der Waals surface area contributed by atoms with Crippen molar-refractivity contribution < 1.29 is 18.0 Å². The molecule has 1 saturated carbocycles. The number of aryl methyl sites for hydroxylation is 1. The Hall–Kier alpha value is -2.58. The number of nitrogens with one attached hydrogen (secondary N) is 1. The van der Waals surface area contributed by atoms with Gasteiger partial charge in [-0.05, 0) is 56.9 Å². The molecule has 2 aromatic carbocycles. The van der Waals surface area contributed by atoms with Gasteiger partial charge in [0.1, 0.15) is 12.6 Å². The Morgan fingerprint density at radius 2 is 1.71 bits per heavy atom. The zero-order valence-corrected chi connectivity index (χ0v) is 22.3. The van der Waals surface area contributed by atoms with Crippen LogP contribution >= 0.6 is 11.6 Å². The highest BCUT2D eigenvalue weighted by atomic mass is 35.5. The van der Waals surface area contributed by atoms with Crippen molar-refractivity contribution in [1.82, 2.24) is 10.2 Å². The molecule has 1 fully saturated rings. The summed E-state index contributed by atoms with van der Waals surface area (Å²) in [6.07, 6.45) is 5.07. The molecule has 0 radical (unpaired) electrons. The SMILES string of the molecule is Cc1ccc(CN(C(=O)CN(c2cccc(Cl)c2C)S(C)(=O)=O)C(C)C(=O)NC2CCCC2)cc1. The van der Waals surface area contributed by atoms with Crippen LogP contribution in [-0.4, -0.2) is 50.0 Å². The lowest BCUT2D eigenvalue weighted by Gasteiger charge is -2.32. The summed E-state index contributed by atoms with van der Waals surface area (Å²) in [5, 5.41) is 3.47. The van der Waals surface area contributed by atoms with Gasteiger partial charge in [-0.2, -0.15) is 0 Å². The average Bonchev–Trinajstić information content (AvgIpc) is 3.31. The van der Waals surface area contributed by atoms with Gasteiger partial charge >= 0.3 is 0 Å². The summed E-state index contributed by atoms with van der Waals surface area (Å²) < 4.78 is 26.5. The molecule has 7 nitrogen and oxygen atoms in total. The standard InChI is InChI=1S/C26H34ClN3O4S/c1-18-12-14-21(15-13-18)16-29(20(3)26(32)28-22-8-5-6-9-22)25(31)17-30(35(4,33)34)24-11-7-10-23(27)19(24)2/h7,10-15,20,22H,5-6,8-9,16-17H2,1-4H3,(H,28,32). The van der Waals surface area contributed by atoms with Crippen LogP contribution in [0, 0.1) is 13.8 Å². The van der Waals surface area contributed by atoms with Crippen LogP contribution in [0.25, 0.3) is 0 Å². The van der Waals surface area contributed by atoms with E-state index in [-0.39, 0.29) is 18.5 Å². The van der Waals surface area contributed by atoms with E-state index < -0.39 is 28.5 Å². The molecular formula is C26H34ClN3O4S. The third kappa shape index (κ3) is 6.98. The van der Waals surface area contributed by atoms with Crippen LogP contribution in [0.4, 0.5) is 5.69 Å². The van der Waals surface area contributed by atoms with Crippen molar-refractivity contribution >= 4 is 39.1 Å². The van der Waals surface area contributed by atoms with E-state index in [0.717, 1.165) is 47.4 Å². The normalized spacial score (nSPS) is 15.0. The molecule has 190 valence electrons. The number of nitrogens with zero attached hydrogens (tertiary/aromatic N) is 2. The predicted molar refractivity (Wildman–Crippen MR) is 140 cm³/mol. The maximum absolute atomic E-state index is 13.6. The molecule has 9 heteroatoms. The van der Waals surface area contributed by atoms with Gasteiger partial charge in [0.05, 0.1) is 11.9 Å². The summed E-state index contributed by atoms with van der Waals surface area (Å²) >= 11 is 6.23. The van der Waals surface area contributed by atoms with Crippen LogP contribution in [0.2, 0.25) is 5.02 Å². The van der Waals surface area contributed by atoms with Crippen molar-refractivity contribution in [3.8, 4) is 0 Å². The fourth-order valence-electron chi connectivity index (χ4n) is 4.33. The minimum absolute atomic E-state index is 0.114. The van der Waals surface area contributed by atoms with Crippen LogP contribution in [0.3, 0.4) is 0 Å². The minimum atomic E-state index is -3.80. The predicted octanol–water partition coefficient (Wildman–Crippen LogP) is 4.20. The van der Waals surface area contributed by atoms with Gasteiger partial charge in [0.15, 0.2) is 0 Å². The Kier molecular flexibility index (Phi) is 8.83. The number of carbonyl (C=O) groups excluding carboxylic acids is 2. The molecule has 1 atom stereocenters. The number of benzene rings is 2. The highest BCUT2D eigenvalue weighted by Gasteiger charge is 2.31. The van der Waals surface area contributed by atoms with Crippen LogP contribution < -0.4 is 9.62 Å². The van der Waals surface area contributed by atoms with Gasteiger partial charge in [0.25, 0.3) is 0 Å². The second kappa shape index (κ2) is 11.4. The molecule has 0 saturated heterocycles. The molecule has 0 aliphatic heterocycles. The smallest absolute Gasteiger partial charge is 0.244 e. The quantitative estimate of drug-likeness (QED) is 0.538. The van der Waals surface area contributed by atoms with E-state index in [2.05, 4.69) is 5.32 Å². The Morgan fingerprint density at radius 3 is 2.31 bits per heavy atom. The second-order valence-corrected chi connectivity index (χ2v) is 11.6. The van der Waals surface area contributed by atoms with Gasteiger partial charge in [-0.15, -0.1) is 0 Å². The molecule has 35 heavy (non-hydrogen) atoms. The van der Waals surface area contributed by atoms with Crippen molar-refractivity contribution in [1.29, 1.82) is 0 Å². The van der Waals surface area contributed by atoms with Crippen molar-refractivity contribution in [2.24, 2.45) is 0 Å². The van der Waals surface area contributed by atoms with Gasteiger partial charge in [-0.3, -0.25) is 13.9 Å². The van der Waals surface area contributed by atoms with E-state index in [1.54, 1.807) is 32.0 Å². The lowest BCUT2D eigenvalue weighted by atomic mass is 10.1. The van der Waals surface area contributed by atoms with Crippen LogP contribution in [-0.2, 0) is 26.2 Å². The maximum atomic E-state index is 13.6. The largest absolute Gasteiger partial charge is 0.352 e. The van der Waals surface area contributed by atoms with E-state index in [4.69, 9.17) is 11.6 Å². The highest BCUT2D eigenvalue weighted by Crippen LogP contribution is 2.28. The second-order valence-electron chi connectivity index (χ2n) is 9.33. The number of hydrogen-bond donors (Lipinski definition) is 1. The average molecular weight is 520 g/mol. The molecule has 2 aromatic rings. The molecule has 0 aromatic heterocycles. The molecule has 2 amide bonds. The first-order valence-corrected chi connectivity index (χ1v) is 14.1. The first-order valence-electron chi connectivity index (χ1n) is 11.9. The molecule has 1 N–H and O–H groups in total. The molecule has 3 rings (SSSR count). The number of rotatable bonds is 9. The summed E-state index contributed by atoms with van der Waals surface area (Å²) in [7, 11) is -3.80. The van der Waals surface area contributed by atoms with Crippen LogP contribution in [0.5, 0.6) is 0 Å². The lowest BCUT2D eigenvalue weighted by molar-refractivity contribution is -0.139. The monoisotopic (exact) mass is 519 g/mol. The fraction of sp³-hybridized carbons (Fsp3) is 0.462. The number of halogens is 1. The summed E-state index contributed by atoms with van der Waals surface area (Å²) in [6.45, 7) is 5.12. The Bertz CT molecular complexity index is 1160. The van der Waals surface area contributed by atoms with Crippen molar-refractivity contribution in [3.63, 3.8) is 0 Å². The van der Waals surface area contributed by atoms with E-state index >= 15 is 0 Å². The molecule has 0 heterocycles. The Labute approximate surface area is 213 Å². The number of anilines is 1. The van der Waals surface area contributed by atoms with Gasteiger partial charge < -0.3 is 10.2 Å². The first kappa shape index (κ1) is 27.0. The summed E-state index contributed by atoms with van der Waals surface area (Å²) in [5.41, 5.74) is 2.84. The summed E-state index contributed by atoms with van der Waals surface area (Å²) in [5.74, 6) is -0.702. The van der Waals surface area contributed by atoms with E-state index in [9.17, 15) is 18.0 Å². The van der Waals surface area contributed by atoms with Gasteiger partial charge in [-0.1, -0.05) is 60.3 Å². The van der Waals surface area contributed by atoms with Crippen molar-refractivity contribution in [2.75, 3.05) is 17.1 Å². The fourth-order valence-corrected chi connectivity index (χ4v) is 5.40. The minimum Gasteiger partial charge on any atom is -0.352 e. The van der Waals surface area contributed by atoms with Gasteiger partial charge in [0.2, 0.25) is 21.8 Å². The highest BCUT2D eigenvalue weighted by molar-refractivity contribution is 7.92. The van der Waals surface area contributed by atoms with Crippen molar-refractivity contribution in [2.45, 2.75) is 65.1 Å². The third-order valence-corrected chi connectivity index (χ3v) is 8.07. The third-order valence-electron chi connectivity index (χ3n) is 6.53. The molecule has 1 unspecified atom stereocenters. The Morgan fingerprint density at radius 1 is 1.09 bits per heavy atom. The first-order chi connectivity index (χ1) is 16.5. The molecule has 0 spiro atoms. The van der Waals surface area contributed by atoms with Gasteiger partial charge in [-0.25, -0.2) is 8.42 Å². The zero-order chi connectivity index (χ0) is 25.8. The zero-order valence-electron chi connectivity index (χ0n) is 20.8. The molecule has 0 bridgehead atoms. The Balaban J connectivity index is 1.90. The van der Waals surface area contributed by atoms with Crippen LogP contribution in [0.1, 0.15) is 49.3 Å². The summed E-state index contributed by atoms with van der Waals surface area (Å²) in [6, 6.07) is 12.0. The van der Waals surface area contributed by atoms with E-state index in [1.165, 1.54) is 4.90 Å². The van der Waals surface area contributed by atoms with Crippen LogP contribution in [0.15, 0.2) is 42.5 Å². The number of sulfonamides is 1. The van der Waals surface area contributed by atoms with E-state index in [1.807, 2.05) is 31.2 Å². The molecular weight excluding hydrogens is 486 g/mol. The summed E-state index contributed by atoms with van der Waals surface area (Å²) in [4.78, 5) is 28.2. The van der Waals surface area contributed by atoms with E-state index in [0.29, 0.717) is 16.3 Å². The van der Waals surface area contributed by atoms with Gasteiger partial charge in [0, 0.05) is 17.6 Å². The number of hydrogen-bond acceptors (Lipinski definition) is 4. The van der Waals surface area contributed by atoms with Crippen molar-refractivity contribution in [3.05, 3.63) is 64.2 Å². The molecule has 1 aliphatic carbocycles. The number of carbonyl (C=O) groups is 2.